The molecule has 0 spiro atoms. The number of para-hydroxylation sites is 2. The number of rotatable bonds is 3. The van der Waals surface area contributed by atoms with Gasteiger partial charge in [0.15, 0.2) is 0 Å². The third-order valence-electron chi connectivity index (χ3n) is 17.5. The van der Waals surface area contributed by atoms with E-state index in [2.05, 4.69) is 305 Å². The van der Waals surface area contributed by atoms with Crippen molar-refractivity contribution in [3.63, 3.8) is 0 Å². The van der Waals surface area contributed by atoms with Crippen LogP contribution in [0, 0.1) is 0 Å². The van der Waals surface area contributed by atoms with Gasteiger partial charge in [-0.15, -0.1) is 45.3 Å². The first-order valence-electron chi connectivity index (χ1n) is 29.2. The van der Waals surface area contributed by atoms with Gasteiger partial charge in [0.1, 0.15) is 0 Å². The highest BCUT2D eigenvalue weighted by molar-refractivity contribution is 9.10. The van der Waals surface area contributed by atoms with Crippen LogP contribution in [0.1, 0.15) is 0 Å². The number of H-pyrrole nitrogens is 1. The van der Waals surface area contributed by atoms with Crippen molar-refractivity contribution in [2.24, 2.45) is 0 Å². The van der Waals surface area contributed by atoms with Gasteiger partial charge < -0.3 is 9.55 Å². The zero-order chi connectivity index (χ0) is 57.3. The van der Waals surface area contributed by atoms with Crippen LogP contribution in [0.2, 0.25) is 0 Å². The standard InChI is InChI=1S/C40H23NS2.C24H15Br.C16H9NS2/c1-2-12-25-23-26(22-21-24(25)11-1)35-27-13-3-5-15-29(27)36(30-16-6-4-14-28(30)35)41-33-19-9-7-17-31(33)38-37(41)40-39(43-38)32-18-8-10-20-34(32)42-40;25-24-21-11-5-3-9-19(21)23(20-10-4-6-12-22(20)24)18-14-13-16-7-1-2-8-17(16)15-18;1-3-7-11-9(5-1)14-13(17-11)16-15(19-14)10-6-2-4-8-12(10)18-16/h1-23H;1-15H;1-8,17H. The van der Waals surface area contributed by atoms with Gasteiger partial charge in [-0.05, 0) is 128 Å². The molecule has 0 radical (unpaired) electrons. The first kappa shape index (κ1) is 50.8. The maximum atomic E-state index is 3.83. The minimum absolute atomic E-state index is 1.17. The van der Waals surface area contributed by atoms with Crippen LogP contribution in [-0.2, 0) is 0 Å². The Labute approximate surface area is 523 Å². The van der Waals surface area contributed by atoms with Crippen molar-refractivity contribution in [3.8, 4) is 27.9 Å². The number of hydrogen-bond acceptors (Lipinski definition) is 4. The van der Waals surface area contributed by atoms with Crippen LogP contribution in [0.15, 0.2) is 284 Å². The summed E-state index contributed by atoms with van der Waals surface area (Å²) >= 11 is 11.5. The molecular formula is C80H47BrN2S4. The van der Waals surface area contributed by atoms with E-state index in [1.807, 2.05) is 45.3 Å². The molecule has 0 atom stereocenters. The molecule has 0 saturated carbocycles. The molecular weight excluding hydrogens is 1200 g/mol. The van der Waals surface area contributed by atoms with Gasteiger partial charge in [0.2, 0.25) is 0 Å². The Morgan fingerprint density at radius 1 is 0.287 bits per heavy atom. The van der Waals surface area contributed by atoms with Crippen LogP contribution in [0.3, 0.4) is 0 Å². The molecule has 0 aliphatic heterocycles. The fraction of sp³-hybridized carbons (Fsp3) is 0. The Morgan fingerprint density at radius 2 is 0.690 bits per heavy atom. The number of nitrogens with zero attached hydrogens (tertiary/aromatic N) is 1. The Bertz CT molecular complexity index is 5990. The van der Waals surface area contributed by atoms with Gasteiger partial charge >= 0.3 is 0 Å². The molecule has 20 rings (SSSR count). The SMILES string of the molecule is Brc1c2ccccc2c(-c2ccc3ccccc3c2)c2ccccc12.c1ccc2c(c1)[nH]c1c2sc2c3ccccc3sc12.c1ccc2cc(-c3c4ccccc4c(-n4c5ccccc5c5sc6c7ccccc7sc6c54)c4ccccc34)ccc2c1. The van der Waals surface area contributed by atoms with E-state index in [0.29, 0.717) is 0 Å². The summed E-state index contributed by atoms with van der Waals surface area (Å²) in [4.78, 5) is 3.58. The van der Waals surface area contributed by atoms with E-state index in [1.165, 1.54) is 178 Å². The quantitative estimate of drug-likeness (QED) is 0.170. The molecule has 0 fully saturated rings. The minimum atomic E-state index is 1.17. The summed E-state index contributed by atoms with van der Waals surface area (Å²) in [6.45, 7) is 0. The molecule has 7 heteroatoms. The molecule has 2 nitrogen and oxygen atoms in total. The van der Waals surface area contributed by atoms with E-state index >= 15 is 0 Å². The fourth-order valence-corrected chi connectivity index (χ4v) is 19.8. The lowest BCUT2D eigenvalue weighted by molar-refractivity contribution is 1.22. The van der Waals surface area contributed by atoms with Gasteiger partial charge in [-0.3, -0.25) is 0 Å². The van der Waals surface area contributed by atoms with Crippen molar-refractivity contribution in [1.82, 2.24) is 9.55 Å². The van der Waals surface area contributed by atoms with Crippen LogP contribution in [0.25, 0.3) is 174 Å². The largest absolute Gasteiger partial charge is 0.353 e. The fourth-order valence-electron chi connectivity index (χ4n) is 13.6. The maximum absolute atomic E-state index is 3.83. The zero-order valence-electron chi connectivity index (χ0n) is 46.5. The zero-order valence-corrected chi connectivity index (χ0v) is 51.4. The lowest BCUT2D eigenvalue weighted by Crippen LogP contribution is -1.98. The van der Waals surface area contributed by atoms with Crippen LogP contribution in [0.4, 0.5) is 0 Å². The van der Waals surface area contributed by atoms with Gasteiger partial charge in [-0.1, -0.05) is 243 Å². The topological polar surface area (TPSA) is 20.7 Å². The Morgan fingerprint density at radius 3 is 1.25 bits per heavy atom. The van der Waals surface area contributed by atoms with E-state index in [0.717, 1.165) is 0 Å². The van der Waals surface area contributed by atoms with Gasteiger partial charge in [-0.2, -0.15) is 0 Å². The molecule has 408 valence electrons. The van der Waals surface area contributed by atoms with Crippen LogP contribution < -0.4 is 0 Å². The average Bonchev–Trinajstić information content (AvgIpc) is 1.64. The van der Waals surface area contributed by atoms with Crippen LogP contribution >= 0.6 is 61.3 Å². The molecule has 87 heavy (non-hydrogen) atoms. The van der Waals surface area contributed by atoms with Gasteiger partial charge in [0.05, 0.1) is 50.4 Å². The molecule has 0 unspecified atom stereocenters. The van der Waals surface area contributed by atoms with E-state index in [1.54, 1.807) is 0 Å². The number of benzene rings is 14. The summed E-state index contributed by atoms with van der Waals surface area (Å²) in [5.41, 5.74) is 11.5. The van der Waals surface area contributed by atoms with Crippen molar-refractivity contribution < 1.29 is 0 Å². The predicted octanol–water partition coefficient (Wildman–Crippen LogP) is 25.7. The summed E-state index contributed by atoms with van der Waals surface area (Å²) in [7, 11) is 0. The van der Waals surface area contributed by atoms with Crippen molar-refractivity contribution in [3.05, 3.63) is 284 Å². The van der Waals surface area contributed by atoms with Gasteiger partial charge in [0, 0.05) is 51.7 Å². The lowest BCUT2D eigenvalue weighted by atomic mass is 9.89. The Hall–Kier alpha value is -9.44. The molecule has 14 aromatic carbocycles. The minimum Gasteiger partial charge on any atom is -0.353 e. The summed E-state index contributed by atoms with van der Waals surface area (Å²) < 4.78 is 14.8. The number of aromatic nitrogens is 2. The Kier molecular flexibility index (Phi) is 11.9. The van der Waals surface area contributed by atoms with Crippen LogP contribution in [-0.4, -0.2) is 9.55 Å². The lowest BCUT2D eigenvalue weighted by Gasteiger charge is -2.19. The normalized spacial score (nSPS) is 12.0. The monoisotopic (exact) mass is 1240 g/mol. The molecule has 6 aromatic heterocycles. The number of aromatic amines is 1. The first-order valence-corrected chi connectivity index (χ1v) is 33.3. The van der Waals surface area contributed by atoms with Crippen molar-refractivity contribution in [2.45, 2.75) is 0 Å². The van der Waals surface area contributed by atoms with E-state index in [-0.39, 0.29) is 0 Å². The van der Waals surface area contributed by atoms with Gasteiger partial charge in [0.25, 0.3) is 0 Å². The summed E-state index contributed by atoms with van der Waals surface area (Å²) in [6.07, 6.45) is 0. The highest BCUT2D eigenvalue weighted by Gasteiger charge is 2.25. The molecule has 0 aliphatic carbocycles. The average molecular weight is 1240 g/mol. The smallest absolute Gasteiger partial charge is 0.0829 e. The molecule has 0 saturated heterocycles. The predicted molar refractivity (Wildman–Crippen MR) is 388 cm³/mol. The van der Waals surface area contributed by atoms with E-state index in [4.69, 9.17) is 0 Å². The molecule has 1 N–H and O–H groups in total. The van der Waals surface area contributed by atoms with Crippen LogP contribution in [0.5, 0.6) is 0 Å². The molecule has 6 heterocycles. The second kappa shape index (κ2) is 20.3. The summed E-state index contributed by atoms with van der Waals surface area (Å²) in [5, 5.41) is 20.7. The molecule has 20 aromatic rings. The number of nitrogens with one attached hydrogen (secondary N) is 1. The van der Waals surface area contributed by atoms with Gasteiger partial charge in [-0.25, -0.2) is 0 Å². The molecule has 0 aliphatic rings. The molecule has 0 bridgehead atoms. The Balaban J connectivity index is 0.000000109. The summed E-state index contributed by atoms with van der Waals surface area (Å²) in [5.74, 6) is 0. The van der Waals surface area contributed by atoms with E-state index in [9.17, 15) is 0 Å². The number of thiophene rings is 4. The van der Waals surface area contributed by atoms with Crippen molar-refractivity contribution >= 4 is 207 Å². The number of halogens is 1. The third kappa shape index (κ3) is 8.01. The molecule has 0 amide bonds. The highest BCUT2D eigenvalue weighted by atomic mass is 79.9. The van der Waals surface area contributed by atoms with Crippen molar-refractivity contribution in [1.29, 1.82) is 0 Å². The van der Waals surface area contributed by atoms with E-state index < -0.39 is 0 Å². The number of fused-ring (bicyclic) bond motifs is 20. The summed E-state index contributed by atoms with van der Waals surface area (Å²) in [6, 6.07) is 101. The third-order valence-corrected chi connectivity index (χ3v) is 23.5. The van der Waals surface area contributed by atoms with Crippen molar-refractivity contribution in [2.75, 3.05) is 0 Å². The first-order chi connectivity index (χ1) is 43.1. The highest BCUT2D eigenvalue weighted by Crippen LogP contribution is 2.52. The second-order valence-electron chi connectivity index (χ2n) is 22.3. The number of hydrogen-bond donors (Lipinski definition) is 1. The maximum Gasteiger partial charge on any atom is 0.0829 e. The second-order valence-corrected chi connectivity index (χ2v) is 27.3.